The topological polar surface area (TPSA) is 47.4 Å². The van der Waals surface area contributed by atoms with Gasteiger partial charge in [0, 0.05) is 23.4 Å². The van der Waals surface area contributed by atoms with Gasteiger partial charge in [-0.2, -0.15) is 5.10 Å². The summed E-state index contributed by atoms with van der Waals surface area (Å²) in [4.78, 5) is 15.3. The average molecular weight is 492 g/mol. The van der Waals surface area contributed by atoms with Crippen LogP contribution in [0.5, 0.6) is 5.75 Å². The van der Waals surface area contributed by atoms with Crippen molar-refractivity contribution < 1.29 is 9.53 Å². The molecule has 34 heavy (non-hydrogen) atoms. The molecule has 1 amide bonds. The second-order valence-electron chi connectivity index (χ2n) is 9.04. The molecule has 1 fully saturated rings. The van der Waals surface area contributed by atoms with Crippen molar-refractivity contribution in [2.24, 2.45) is 5.92 Å². The smallest absolute Gasteiger partial charge is 0.266 e. The zero-order chi connectivity index (χ0) is 24.4. The number of aryl methyl sites for hydroxylation is 1. The van der Waals surface area contributed by atoms with Crippen LogP contribution < -0.4 is 4.74 Å². The SMILES string of the molecule is Cc1cc(OCC(C)C)ccc1-c1nn(-c2ccccc2)cc1/C=C1\SC(=S)N(C(C)C)C1=O. The highest BCUT2D eigenvalue weighted by Gasteiger charge is 2.34. The monoisotopic (exact) mass is 491 g/mol. The van der Waals surface area contributed by atoms with Crippen LogP contribution >= 0.6 is 24.0 Å². The number of amides is 1. The summed E-state index contributed by atoms with van der Waals surface area (Å²) in [6, 6.07) is 16.0. The first-order valence-corrected chi connectivity index (χ1v) is 12.6. The van der Waals surface area contributed by atoms with Crippen molar-refractivity contribution in [2.75, 3.05) is 6.61 Å². The molecule has 3 aromatic rings. The second kappa shape index (κ2) is 10.2. The molecule has 1 aromatic heterocycles. The molecule has 2 aromatic carbocycles. The van der Waals surface area contributed by atoms with Gasteiger partial charge in [0.25, 0.3) is 5.91 Å². The van der Waals surface area contributed by atoms with Gasteiger partial charge in [0.15, 0.2) is 0 Å². The van der Waals surface area contributed by atoms with Gasteiger partial charge in [0.05, 0.1) is 17.2 Å². The van der Waals surface area contributed by atoms with E-state index in [1.54, 1.807) is 4.90 Å². The predicted octanol–water partition coefficient (Wildman–Crippen LogP) is 6.49. The third-order valence-corrected chi connectivity index (χ3v) is 6.76. The standard InChI is InChI=1S/C27H29N3O2S2/c1-17(2)16-32-22-11-12-23(19(5)13-22)25-20(15-29(28-25)21-9-7-6-8-10-21)14-24-26(31)30(18(3)4)27(33)34-24/h6-15,17-18H,16H2,1-5H3/b24-14-. The molecule has 1 aliphatic rings. The number of carbonyl (C=O) groups is 1. The third kappa shape index (κ3) is 5.10. The maximum atomic E-state index is 13.0. The molecular weight excluding hydrogens is 462 g/mol. The molecule has 0 radical (unpaired) electrons. The molecule has 7 heteroatoms. The van der Waals surface area contributed by atoms with Crippen molar-refractivity contribution in [3.05, 3.63) is 70.8 Å². The number of thioether (sulfide) groups is 1. The molecule has 0 spiro atoms. The van der Waals surface area contributed by atoms with Gasteiger partial charge in [-0.15, -0.1) is 0 Å². The molecule has 1 aliphatic heterocycles. The molecule has 0 bridgehead atoms. The van der Waals surface area contributed by atoms with Crippen molar-refractivity contribution in [2.45, 2.75) is 40.7 Å². The summed E-state index contributed by atoms with van der Waals surface area (Å²) in [5.41, 5.74) is 4.69. The zero-order valence-electron chi connectivity index (χ0n) is 20.1. The van der Waals surface area contributed by atoms with E-state index in [9.17, 15) is 4.79 Å². The van der Waals surface area contributed by atoms with Crippen LogP contribution in [0.15, 0.2) is 59.6 Å². The van der Waals surface area contributed by atoms with Crippen LogP contribution in [0.1, 0.15) is 38.8 Å². The van der Waals surface area contributed by atoms with Crippen LogP contribution in [-0.4, -0.2) is 37.6 Å². The predicted molar refractivity (Wildman–Crippen MR) is 144 cm³/mol. The van der Waals surface area contributed by atoms with Crippen LogP contribution in [0.2, 0.25) is 0 Å². The quantitative estimate of drug-likeness (QED) is 0.279. The lowest BCUT2D eigenvalue weighted by Gasteiger charge is -2.18. The summed E-state index contributed by atoms with van der Waals surface area (Å²) in [5.74, 6) is 1.24. The highest BCUT2D eigenvalue weighted by atomic mass is 32.2. The number of hydrogen-bond acceptors (Lipinski definition) is 5. The number of carbonyl (C=O) groups excluding carboxylic acids is 1. The molecule has 2 heterocycles. The van der Waals surface area contributed by atoms with Crippen molar-refractivity contribution in [1.82, 2.24) is 14.7 Å². The minimum Gasteiger partial charge on any atom is -0.493 e. The second-order valence-corrected chi connectivity index (χ2v) is 10.7. The Morgan fingerprint density at radius 3 is 2.47 bits per heavy atom. The first-order chi connectivity index (χ1) is 16.2. The molecule has 176 valence electrons. The fourth-order valence-electron chi connectivity index (χ4n) is 3.74. The van der Waals surface area contributed by atoms with Gasteiger partial charge in [-0.1, -0.05) is 56.0 Å². The van der Waals surface area contributed by atoms with Gasteiger partial charge in [-0.05, 0) is 68.7 Å². The molecule has 1 saturated heterocycles. The van der Waals surface area contributed by atoms with Crippen LogP contribution in [0.25, 0.3) is 23.0 Å². The molecule has 5 nitrogen and oxygen atoms in total. The Bertz CT molecular complexity index is 1250. The number of benzene rings is 2. The van der Waals surface area contributed by atoms with Crippen molar-refractivity contribution >= 4 is 40.3 Å². The number of aromatic nitrogens is 2. The van der Waals surface area contributed by atoms with E-state index in [0.717, 1.165) is 33.8 Å². The molecule has 4 rings (SSSR count). The van der Waals surface area contributed by atoms with E-state index in [-0.39, 0.29) is 11.9 Å². The van der Waals surface area contributed by atoms with Gasteiger partial charge in [-0.25, -0.2) is 4.68 Å². The van der Waals surface area contributed by atoms with Gasteiger partial charge >= 0.3 is 0 Å². The Hall–Kier alpha value is -2.90. The van der Waals surface area contributed by atoms with E-state index in [4.69, 9.17) is 22.1 Å². The summed E-state index contributed by atoms with van der Waals surface area (Å²) in [6.07, 6.45) is 3.88. The Kier molecular flexibility index (Phi) is 7.24. The summed E-state index contributed by atoms with van der Waals surface area (Å²) < 4.78 is 8.35. The van der Waals surface area contributed by atoms with E-state index in [0.29, 0.717) is 21.8 Å². The fraction of sp³-hybridized carbons (Fsp3) is 0.296. The molecule has 0 atom stereocenters. The number of thiocarbonyl (C=S) groups is 1. The number of nitrogens with zero attached hydrogens (tertiary/aromatic N) is 3. The number of hydrogen-bond donors (Lipinski definition) is 0. The van der Waals surface area contributed by atoms with E-state index in [2.05, 4.69) is 20.8 Å². The fourth-order valence-corrected chi connectivity index (χ4v) is 5.25. The molecule has 0 unspecified atom stereocenters. The Balaban J connectivity index is 1.78. The van der Waals surface area contributed by atoms with Crippen LogP contribution in [-0.2, 0) is 4.79 Å². The lowest BCUT2D eigenvalue weighted by atomic mass is 10.0. The molecular formula is C27H29N3O2S2. The van der Waals surface area contributed by atoms with E-state index >= 15 is 0 Å². The summed E-state index contributed by atoms with van der Waals surface area (Å²) in [6.45, 7) is 10.9. The lowest BCUT2D eigenvalue weighted by molar-refractivity contribution is -0.123. The summed E-state index contributed by atoms with van der Waals surface area (Å²) >= 11 is 6.81. The van der Waals surface area contributed by atoms with Crippen molar-refractivity contribution in [3.63, 3.8) is 0 Å². The molecule has 0 saturated carbocycles. The highest BCUT2D eigenvalue weighted by molar-refractivity contribution is 8.26. The largest absolute Gasteiger partial charge is 0.493 e. The van der Waals surface area contributed by atoms with Gasteiger partial charge in [-0.3, -0.25) is 9.69 Å². The Morgan fingerprint density at radius 1 is 1.12 bits per heavy atom. The van der Waals surface area contributed by atoms with E-state index < -0.39 is 0 Å². The maximum absolute atomic E-state index is 13.0. The third-order valence-electron chi connectivity index (χ3n) is 5.43. The van der Waals surface area contributed by atoms with Crippen LogP contribution in [0.3, 0.4) is 0 Å². The first kappa shape index (κ1) is 24.2. The van der Waals surface area contributed by atoms with Gasteiger partial charge in [0.1, 0.15) is 15.8 Å². The average Bonchev–Trinajstić information content (AvgIpc) is 3.33. The Morgan fingerprint density at radius 2 is 1.85 bits per heavy atom. The van der Waals surface area contributed by atoms with E-state index in [1.165, 1.54) is 11.8 Å². The number of para-hydroxylation sites is 1. The van der Waals surface area contributed by atoms with Crippen LogP contribution in [0.4, 0.5) is 0 Å². The Labute approximate surface area is 210 Å². The van der Waals surface area contributed by atoms with Crippen molar-refractivity contribution in [1.29, 1.82) is 0 Å². The zero-order valence-corrected chi connectivity index (χ0v) is 21.7. The lowest BCUT2D eigenvalue weighted by Crippen LogP contribution is -2.34. The summed E-state index contributed by atoms with van der Waals surface area (Å²) in [7, 11) is 0. The van der Waals surface area contributed by atoms with Gasteiger partial charge < -0.3 is 4.74 Å². The summed E-state index contributed by atoms with van der Waals surface area (Å²) in [5, 5.41) is 4.92. The minimum atomic E-state index is -0.0578. The first-order valence-electron chi connectivity index (χ1n) is 11.4. The van der Waals surface area contributed by atoms with E-state index in [1.807, 2.05) is 79.3 Å². The normalized spacial score (nSPS) is 15.3. The number of ether oxygens (including phenoxy) is 1. The minimum absolute atomic E-state index is 0.0190. The van der Waals surface area contributed by atoms with Crippen molar-refractivity contribution in [3.8, 4) is 22.7 Å². The maximum Gasteiger partial charge on any atom is 0.266 e. The van der Waals surface area contributed by atoms with Crippen LogP contribution in [0, 0.1) is 12.8 Å². The number of rotatable bonds is 7. The highest BCUT2D eigenvalue weighted by Crippen LogP contribution is 2.36. The molecule has 0 N–H and O–H groups in total. The molecule has 0 aliphatic carbocycles. The van der Waals surface area contributed by atoms with Gasteiger partial charge in [0.2, 0.25) is 0 Å².